The molecule has 0 N–H and O–H groups in total. The Balaban J connectivity index is 0.000000264. The average Bonchev–Trinajstić information content (AvgIpc) is 0.883. The Morgan fingerprint density at radius 3 is 1.28 bits per heavy atom. The Morgan fingerprint density at radius 2 is 0.858 bits per heavy atom. The van der Waals surface area contributed by atoms with Gasteiger partial charge in [-0.2, -0.15) is 8.61 Å². The molecule has 3 heterocycles. The molecule has 0 amide bonds. The van der Waals surface area contributed by atoms with Gasteiger partial charge in [-0.25, -0.2) is 21.8 Å². The lowest BCUT2D eigenvalue weighted by Crippen LogP contribution is -2.35. The van der Waals surface area contributed by atoms with Crippen LogP contribution >= 0.6 is 11.6 Å². The first-order valence-electron chi connectivity index (χ1n) is 44.4. The molecule has 0 aliphatic carbocycles. The van der Waals surface area contributed by atoms with E-state index < -0.39 is 20.0 Å². The molecule has 2 saturated heterocycles. The van der Waals surface area contributed by atoms with Crippen LogP contribution in [0.15, 0.2) is 204 Å². The number of para-hydroxylation sites is 1. The van der Waals surface area contributed by atoms with Gasteiger partial charge in [0, 0.05) is 102 Å². The van der Waals surface area contributed by atoms with Crippen molar-refractivity contribution in [2.75, 3.05) is 59.7 Å². The molecule has 1 aromatic heterocycles. The second-order valence-electron chi connectivity index (χ2n) is 35.3. The number of halogens is 1. The summed E-state index contributed by atoms with van der Waals surface area (Å²) < 4.78 is 80.1. The van der Waals surface area contributed by atoms with Crippen LogP contribution in [0.4, 0.5) is 0 Å². The number of aryl methyl sites for hydroxylation is 2. The smallest absolute Gasteiger partial charge is 0.243 e. The van der Waals surface area contributed by atoms with E-state index in [9.17, 15) is 50.4 Å². The summed E-state index contributed by atoms with van der Waals surface area (Å²) in [5.74, 6) is 4.87. The van der Waals surface area contributed by atoms with Crippen LogP contribution in [-0.2, 0) is 44.6 Å². The summed E-state index contributed by atoms with van der Waals surface area (Å²) in [6, 6.07) is 59.5. The SMILES string of the molecule is CC(C)C(=O)COc1ccc(C(C)(C)C)cc1.CC(C)C(=O)c1cc(-c2ccccc2)nc2ccccc12.CC(C)C(=O)c1cccc(S(=O)(=O)N2CCCCC2)c1.CC(C)C(=O)c1cccc(S(=O)(=O)N2CCCCC2)c1.COc1ccc(OCC(=O)C(C)C)cc1.Cc1cc(C(C)C)ccc1OCC(=O)C(C)C.Cc1ccc(OCCCC(=O)C(C)C)c(Cl)c1. The Kier molecular flexibility index (Phi) is 44.9. The highest BCUT2D eigenvalue weighted by Gasteiger charge is 2.29. The second-order valence-corrected chi connectivity index (χ2v) is 39.6. The molecule has 688 valence electrons. The van der Waals surface area contributed by atoms with Crippen LogP contribution in [-0.4, -0.2) is 131 Å². The van der Waals surface area contributed by atoms with Crippen molar-refractivity contribution in [3.8, 4) is 40.0 Å². The van der Waals surface area contributed by atoms with Gasteiger partial charge in [-0.15, -0.1) is 0 Å². The van der Waals surface area contributed by atoms with Crippen molar-refractivity contribution in [1.29, 1.82) is 0 Å². The molecule has 2 aliphatic heterocycles. The summed E-state index contributed by atoms with van der Waals surface area (Å²) >= 11 is 6.03. The highest BCUT2D eigenvalue weighted by molar-refractivity contribution is 7.89. The fourth-order valence-corrected chi connectivity index (χ4v) is 16.0. The highest BCUT2D eigenvalue weighted by Crippen LogP contribution is 2.32. The van der Waals surface area contributed by atoms with E-state index in [1.165, 1.54) is 31.9 Å². The average molecular weight is 1800 g/mol. The zero-order chi connectivity index (χ0) is 94.5. The zero-order valence-corrected chi connectivity index (χ0v) is 81.4. The number of ketones is 7. The number of pyridine rings is 1. The standard InChI is InChI=1S/C19H17NO.2C15H21NO3S.2C15H22O2.C14H19ClO2.C12H16O3/c1-13(2)19(21)16-12-18(14-8-4-3-5-9-14)20-17-11-7-6-10-15(16)17;2*1-12(2)15(17)13-7-6-8-14(11-13)20(18,19)16-9-4-3-5-10-16;1-11(2)14(16)10-17-13-8-6-12(7-9-13)15(3,4)5;1-10(2)13-6-7-15(12(5)8-13)17-9-14(16)11(3)4;1-10(2)13(16)5-4-8-17-14-7-6-11(3)9-12(14)15;1-9(2)12(13)8-15-11-6-4-10(14-3)5-7-11/h3-13H,1-2H3;2*6-8,11-12H,3-5,9-10H2,1-2H3;6-9,11H,10H2,1-5H3;6-8,10-11H,9H2,1-5H3;6-7,9-10H,4-5,8H2,1-3H3;4-7,9H,8H2,1-3H3. The van der Waals surface area contributed by atoms with Gasteiger partial charge in [-0.05, 0) is 171 Å². The molecule has 8 aromatic carbocycles. The highest BCUT2D eigenvalue weighted by atomic mass is 35.5. The van der Waals surface area contributed by atoms with E-state index in [1.807, 2.05) is 208 Å². The van der Waals surface area contributed by atoms with Crippen LogP contribution in [0.1, 0.15) is 242 Å². The van der Waals surface area contributed by atoms with Crippen molar-refractivity contribution in [3.05, 3.63) is 238 Å². The number of ether oxygens (including phenoxy) is 5. The van der Waals surface area contributed by atoms with Gasteiger partial charge in [0.25, 0.3) is 0 Å². The minimum absolute atomic E-state index is 0.0169. The Hall–Kier alpha value is -10.0. The fourth-order valence-electron chi connectivity index (χ4n) is 12.6. The van der Waals surface area contributed by atoms with Gasteiger partial charge in [-0.3, -0.25) is 33.6 Å². The summed E-state index contributed by atoms with van der Waals surface area (Å²) in [5.41, 5.74) is 9.34. The maximum Gasteiger partial charge on any atom is 0.243 e. The third-order valence-corrected chi connectivity index (χ3v) is 25.1. The van der Waals surface area contributed by atoms with Crippen LogP contribution in [0.25, 0.3) is 22.2 Å². The molecule has 19 nitrogen and oxygen atoms in total. The summed E-state index contributed by atoms with van der Waals surface area (Å²) in [4.78, 5) is 87.2. The zero-order valence-electron chi connectivity index (χ0n) is 79.0. The van der Waals surface area contributed by atoms with Crippen molar-refractivity contribution in [2.24, 2.45) is 41.4 Å². The molecule has 0 unspecified atom stereocenters. The number of piperidine rings is 2. The van der Waals surface area contributed by atoms with Crippen LogP contribution in [0, 0.1) is 55.3 Å². The lowest BCUT2D eigenvalue weighted by Gasteiger charge is -2.26. The number of benzene rings is 8. The Bertz CT molecular complexity index is 5130. The fraction of sp³-hybridized carbons (Fsp3) is 0.448. The van der Waals surface area contributed by atoms with Gasteiger partial charge in [0.15, 0.2) is 34.7 Å². The molecule has 0 spiro atoms. The Labute approximate surface area is 763 Å². The lowest BCUT2D eigenvalue weighted by atomic mass is 9.87. The summed E-state index contributed by atoms with van der Waals surface area (Å²) in [6.07, 6.45) is 7.10. The normalized spacial score (nSPS) is 12.9. The third kappa shape index (κ3) is 35.9. The maximum absolute atomic E-state index is 12.5. The molecular weight excluding hydrogens is 1660 g/mol. The second kappa shape index (κ2) is 53.1. The Morgan fingerprint density at radius 1 is 0.425 bits per heavy atom. The maximum atomic E-state index is 12.5. The number of Topliss-reactive ketones (excluding diaryl/α,β-unsaturated/α-hetero) is 7. The lowest BCUT2D eigenvalue weighted by molar-refractivity contribution is -0.124. The number of hydrogen-bond acceptors (Lipinski definition) is 17. The largest absolute Gasteiger partial charge is 0.497 e. The minimum Gasteiger partial charge on any atom is -0.497 e. The molecule has 2 aliphatic rings. The van der Waals surface area contributed by atoms with Crippen molar-refractivity contribution in [2.45, 2.75) is 218 Å². The number of aromatic nitrogens is 1. The first-order chi connectivity index (χ1) is 59.9. The van der Waals surface area contributed by atoms with E-state index in [0.29, 0.717) is 72.8 Å². The van der Waals surface area contributed by atoms with Gasteiger partial charge in [-0.1, -0.05) is 259 Å². The van der Waals surface area contributed by atoms with Gasteiger partial charge >= 0.3 is 0 Å². The quantitative estimate of drug-likeness (QED) is 0.0289. The molecule has 127 heavy (non-hydrogen) atoms. The molecule has 0 saturated carbocycles. The number of hydrogen-bond donors (Lipinski definition) is 0. The van der Waals surface area contributed by atoms with E-state index >= 15 is 0 Å². The monoisotopic (exact) mass is 1800 g/mol. The van der Waals surface area contributed by atoms with Crippen molar-refractivity contribution >= 4 is 83.0 Å². The van der Waals surface area contributed by atoms with E-state index in [4.69, 9.17) is 40.3 Å². The molecule has 22 heteroatoms. The van der Waals surface area contributed by atoms with Crippen molar-refractivity contribution < 1.29 is 74.1 Å². The van der Waals surface area contributed by atoms with E-state index in [-0.39, 0.29) is 117 Å². The van der Waals surface area contributed by atoms with Crippen molar-refractivity contribution in [3.63, 3.8) is 0 Å². The van der Waals surface area contributed by atoms with Gasteiger partial charge in [0.2, 0.25) is 20.0 Å². The minimum atomic E-state index is -3.46. The van der Waals surface area contributed by atoms with Gasteiger partial charge in [0.05, 0.1) is 39.7 Å². The van der Waals surface area contributed by atoms with Crippen LogP contribution in [0.5, 0.6) is 28.7 Å². The van der Waals surface area contributed by atoms with E-state index in [0.717, 1.165) is 101 Å². The number of nitrogens with zero attached hydrogens (tertiary/aromatic N) is 3. The number of methoxy groups -OCH3 is 1. The van der Waals surface area contributed by atoms with Crippen LogP contribution in [0.2, 0.25) is 5.02 Å². The number of carbonyl (C=O) groups excluding carboxylic acids is 7. The molecule has 0 bridgehead atoms. The predicted molar refractivity (Wildman–Crippen MR) is 513 cm³/mol. The molecule has 2 fully saturated rings. The summed E-state index contributed by atoms with van der Waals surface area (Å²) in [7, 11) is -5.32. The summed E-state index contributed by atoms with van der Waals surface area (Å²) in [6.45, 7) is 44.3. The third-order valence-electron chi connectivity index (χ3n) is 21.0. The number of sulfonamides is 2. The van der Waals surface area contributed by atoms with Gasteiger partial charge < -0.3 is 23.7 Å². The van der Waals surface area contributed by atoms with E-state index in [2.05, 4.69) is 58.9 Å². The van der Waals surface area contributed by atoms with Crippen LogP contribution < -0.4 is 23.7 Å². The molecule has 0 atom stereocenters. The van der Waals surface area contributed by atoms with Crippen LogP contribution in [0.3, 0.4) is 0 Å². The molecule has 0 radical (unpaired) electrons. The number of rotatable bonds is 31. The first-order valence-corrected chi connectivity index (χ1v) is 47.6. The first kappa shape index (κ1) is 108. The molecule has 9 aromatic rings. The van der Waals surface area contributed by atoms with E-state index in [1.54, 1.807) is 67.8 Å². The number of fused-ring (bicyclic) bond motifs is 1. The van der Waals surface area contributed by atoms with Gasteiger partial charge in [0.1, 0.15) is 54.4 Å². The molecule has 11 rings (SSSR count). The van der Waals surface area contributed by atoms with Crippen molar-refractivity contribution in [1.82, 2.24) is 13.6 Å². The predicted octanol–water partition coefficient (Wildman–Crippen LogP) is 23.8. The number of carbonyl (C=O) groups is 7. The topological polar surface area (TPSA) is 253 Å². The summed E-state index contributed by atoms with van der Waals surface area (Å²) in [5, 5.41) is 1.55. The molecular formula is C105H138ClN3O16S2.